The van der Waals surface area contributed by atoms with Crippen molar-refractivity contribution in [3.05, 3.63) is 72.2 Å². The average molecular weight is 459 g/mol. The number of pyridine rings is 1. The number of fused-ring (bicyclic) bond motifs is 1. The van der Waals surface area contributed by atoms with Gasteiger partial charge in [0.2, 0.25) is 0 Å². The van der Waals surface area contributed by atoms with E-state index < -0.39 is 10.1 Å². The molecule has 0 saturated heterocycles. The first-order chi connectivity index (χ1) is 15.4. The van der Waals surface area contributed by atoms with Crippen LogP contribution in [0.15, 0.2) is 65.9 Å². The van der Waals surface area contributed by atoms with E-state index in [0.29, 0.717) is 23.8 Å². The Bertz CT molecular complexity index is 1200. The van der Waals surface area contributed by atoms with Crippen LogP contribution < -0.4 is 10.5 Å². The third kappa shape index (κ3) is 6.91. The molecule has 0 atom stereocenters. The first-order valence-electron chi connectivity index (χ1n) is 9.99. The van der Waals surface area contributed by atoms with Gasteiger partial charge in [0.25, 0.3) is 10.1 Å². The number of benzene rings is 1. The van der Waals surface area contributed by atoms with Gasteiger partial charge in [0, 0.05) is 12.2 Å². The number of allylic oxidation sites excluding steroid dienone is 1. The summed E-state index contributed by atoms with van der Waals surface area (Å²) in [7, 11) is -3.53. The average Bonchev–Trinajstić information content (AvgIpc) is 3.17. The van der Waals surface area contributed by atoms with Crippen molar-refractivity contribution in [3.8, 4) is 11.5 Å². The Morgan fingerprint density at radius 2 is 1.94 bits per heavy atom. The maximum absolute atomic E-state index is 11.2. The number of aliphatic imine (C=N–C) groups is 1. The van der Waals surface area contributed by atoms with Gasteiger partial charge in [-0.15, -0.1) is 0 Å². The van der Waals surface area contributed by atoms with Crippen molar-refractivity contribution in [2.45, 2.75) is 20.0 Å². The van der Waals surface area contributed by atoms with Crippen molar-refractivity contribution in [3.63, 3.8) is 0 Å². The quantitative estimate of drug-likeness (QED) is 0.266. The summed E-state index contributed by atoms with van der Waals surface area (Å²) in [5.41, 5.74) is 8.44. The topological polar surface area (TPSA) is 118 Å². The van der Waals surface area contributed by atoms with E-state index in [0.717, 1.165) is 29.5 Å². The molecule has 2 N–H and O–H groups in total. The molecular weight excluding hydrogens is 432 g/mol. The lowest BCUT2D eigenvalue weighted by atomic mass is 10.1. The maximum Gasteiger partial charge on any atom is 0.264 e. The molecule has 3 rings (SSSR count). The normalized spacial score (nSPS) is 12.6. The van der Waals surface area contributed by atoms with Crippen LogP contribution >= 0.6 is 0 Å². The minimum atomic E-state index is -3.53. The molecule has 0 spiro atoms. The van der Waals surface area contributed by atoms with Crippen LogP contribution in [0.4, 0.5) is 0 Å². The van der Waals surface area contributed by atoms with E-state index in [9.17, 15) is 8.42 Å². The lowest BCUT2D eigenvalue weighted by molar-refractivity contribution is 0.143. The second kappa shape index (κ2) is 10.9. The summed E-state index contributed by atoms with van der Waals surface area (Å²) in [4.78, 5) is 4.43. The highest BCUT2D eigenvalue weighted by atomic mass is 32.2. The second-order valence-electron chi connectivity index (χ2n) is 6.90. The predicted octanol–water partition coefficient (Wildman–Crippen LogP) is 3.25. The largest absolute Gasteiger partial charge is 0.456 e. The fourth-order valence-corrected chi connectivity index (χ4v) is 3.14. The predicted molar refractivity (Wildman–Crippen MR) is 122 cm³/mol. The van der Waals surface area contributed by atoms with Crippen LogP contribution in [0, 0.1) is 0 Å². The lowest BCUT2D eigenvalue weighted by Crippen LogP contribution is -2.03. The Morgan fingerprint density at radius 3 is 2.62 bits per heavy atom. The van der Waals surface area contributed by atoms with Crippen LogP contribution in [0.3, 0.4) is 0 Å². The molecule has 3 aromatic rings. The molecule has 0 amide bonds. The molecule has 9 nitrogen and oxygen atoms in total. The van der Waals surface area contributed by atoms with Crippen LogP contribution in [-0.2, 0) is 25.6 Å². The molecule has 170 valence electrons. The molecule has 0 bridgehead atoms. The van der Waals surface area contributed by atoms with Crippen LogP contribution in [0.5, 0.6) is 11.5 Å². The molecule has 2 heterocycles. The van der Waals surface area contributed by atoms with Gasteiger partial charge < -0.3 is 15.2 Å². The fraction of sp³-hybridized carbons (Fsp3) is 0.273. The van der Waals surface area contributed by atoms with E-state index in [1.807, 2.05) is 37.3 Å². The Hall–Kier alpha value is -3.21. The molecule has 10 heteroatoms. The standard InChI is InChI=1S/C22H26N4O5S/c1-3-12-29-16-24-22(10-11-23)17-4-7-20(8-5-17)31-21-9-6-19-13-18(25-26(19)14-21)15-30-32(2,27)28/h4-11,13-14H,3,12,15-16,23H2,1-2H3/b11-10-,24-22-. The Morgan fingerprint density at radius 1 is 1.19 bits per heavy atom. The first-order valence-corrected chi connectivity index (χ1v) is 11.8. The number of hydrogen-bond acceptors (Lipinski definition) is 8. The van der Waals surface area contributed by atoms with Crippen LogP contribution in [0.2, 0.25) is 0 Å². The molecule has 0 saturated carbocycles. The van der Waals surface area contributed by atoms with Crippen molar-refractivity contribution in [2.24, 2.45) is 10.7 Å². The van der Waals surface area contributed by atoms with Crippen molar-refractivity contribution in [2.75, 3.05) is 19.6 Å². The van der Waals surface area contributed by atoms with Gasteiger partial charge in [-0.25, -0.2) is 4.52 Å². The van der Waals surface area contributed by atoms with E-state index in [4.69, 9.17) is 19.4 Å². The fourth-order valence-electron chi connectivity index (χ4n) is 2.80. The van der Waals surface area contributed by atoms with Gasteiger partial charge in [0.1, 0.15) is 24.8 Å². The molecule has 0 fully saturated rings. The first kappa shape index (κ1) is 23.5. The number of aromatic nitrogens is 2. The highest BCUT2D eigenvalue weighted by Crippen LogP contribution is 2.23. The summed E-state index contributed by atoms with van der Waals surface area (Å²) in [6, 6.07) is 12.8. The number of rotatable bonds is 11. The van der Waals surface area contributed by atoms with Crippen molar-refractivity contribution >= 4 is 21.3 Å². The minimum Gasteiger partial charge on any atom is -0.456 e. The van der Waals surface area contributed by atoms with E-state index in [2.05, 4.69) is 10.1 Å². The highest BCUT2D eigenvalue weighted by molar-refractivity contribution is 7.85. The Kier molecular flexibility index (Phi) is 7.98. The second-order valence-corrected chi connectivity index (χ2v) is 8.55. The third-order valence-electron chi connectivity index (χ3n) is 4.22. The summed E-state index contributed by atoms with van der Waals surface area (Å²) < 4.78 is 40.1. The van der Waals surface area contributed by atoms with Gasteiger partial charge in [-0.05, 0) is 61.2 Å². The van der Waals surface area contributed by atoms with E-state index in [-0.39, 0.29) is 13.3 Å². The molecule has 0 unspecified atom stereocenters. The van der Waals surface area contributed by atoms with Crippen LogP contribution in [0.1, 0.15) is 24.6 Å². The maximum atomic E-state index is 11.2. The van der Waals surface area contributed by atoms with Gasteiger partial charge in [-0.3, -0.25) is 9.18 Å². The van der Waals surface area contributed by atoms with E-state index >= 15 is 0 Å². The van der Waals surface area contributed by atoms with E-state index in [1.165, 1.54) is 6.20 Å². The Balaban J connectivity index is 1.70. The van der Waals surface area contributed by atoms with Gasteiger partial charge >= 0.3 is 0 Å². The smallest absolute Gasteiger partial charge is 0.264 e. The zero-order chi connectivity index (χ0) is 23.0. The minimum absolute atomic E-state index is 0.122. The Labute approximate surface area is 187 Å². The molecule has 2 aromatic heterocycles. The summed E-state index contributed by atoms with van der Waals surface area (Å²) in [5, 5.41) is 4.32. The molecule has 0 radical (unpaired) electrons. The highest BCUT2D eigenvalue weighted by Gasteiger charge is 2.08. The number of nitrogens with zero attached hydrogens (tertiary/aromatic N) is 3. The van der Waals surface area contributed by atoms with Crippen molar-refractivity contribution in [1.29, 1.82) is 0 Å². The molecule has 1 aromatic carbocycles. The number of nitrogens with two attached hydrogens (primary N) is 1. The molecule has 0 aliphatic carbocycles. The van der Waals surface area contributed by atoms with Gasteiger partial charge in [-0.1, -0.05) is 6.92 Å². The number of hydrogen-bond donors (Lipinski definition) is 1. The molecule has 0 aliphatic rings. The SMILES string of the molecule is CCCOC/N=C(/C=C\N)c1ccc(Oc2ccc3cc(COS(C)(=O)=O)nn3c2)cc1. The van der Waals surface area contributed by atoms with Gasteiger partial charge in [0.15, 0.2) is 0 Å². The van der Waals surface area contributed by atoms with Gasteiger partial charge in [-0.2, -0.15) is 13.5 Å². The zero-order valence-electron chi connectivity index (χ0n) is 18.0. The number of ether oxygens (including phenoxy) is 2. The third-order valence-corrected chi connectivity index (χ3v) is 4.76. The summed E-state index contributed by atoms with van der Waals surface area (Å²) in [6.45, 7) is 2.85. The summed E-state index contributed by atoms with van der Waals surface area (Å²) in [5.74, 6) is 1.21. The van der Waals surface area contributed by atoms with Crippen molar-refractivity contribution < 1.29 is 22.1 Å². The summed E-state index contributed by atoms with van der Waals surface area (Å²) >= 11 is 0. The van der Waals surface area contributed by atoms with Gasteiger partial charge in [0.05, 0.1) is 29.4 Å². The molecule has 0 aliphatic heterocycles. The lowest BCUT2D eigenvalue weighted by Gasteiger charge is -2.08. The zero-order valence-corrected chi connectivity index (χ0v) is 18.8. The monoisotopic (exact) mass is 458 g/mol. The van der Waals surface area contributed by atoms with Crippen LogP contribution in [0.25, 0.3) is 5.52 Å². The van der Waals surface area contributed by atoms with E-state index in [1.54, 1.807) is 28.9 Å². The molecular formula is C22H26N4O5S. The summed E-state index contributed by atoms with van der Waals surface area (Å²) in [6.07, 6.45) is 6.81. The molecule has 32 heavy (non-hydrogen) atoms. The van der Waals surface area contributed by atoms with Crippen molar-refractivity contribution in [1.82, 2.24) is 9.61 Å². The van der Waals surface area contributed by atoms with Crippen LogP contribution in [-0.4, -0.2) is 43.3 Å².